The molecule has 2 N–H and O–H groups in total. The molecule has 0 aromatic rings. The zero-order valence-corrected chi connectivity index (χ0v) is 7.27. The fourth-order valence-electron chi connectivity index (χ4n) is 1.83. The van der Waals surface area contributed by atoms with E-state index in [1.54, 1.807) is 0 Å². The maximum Gasteiger partial charge on any atom is 0.0204 e. The second-order valence-electron chi connectivity index (χ2n) is 4.07. The average Bonchev–Trinajstić information content (AvgIpc) is 2.55. The largest absolute Gasteiger partial charge is 0.315 e. The predicted molar refractivity (Wildman–Crippen MR) is 46.5 cm³/mol. The summed E-state index contributed by atoms with van der Waals surface area (Å²) < 4.78 is 0. The first kappa shape index (κ1) is 7.56. The summed E-state index contributed by atoms with van der Waals surface area (Å²) in [5, 5.41) is 6.98. The molecule has 2 heteroatoms. The smallest absolute Gasteiger partial charge is 0.0204 e. The van der Waals surface area contributed by atoms with Gasteiger partial charge in [-0.1, -0.05) is 6.92 Å². The molecule has 64 valence electrons. The average molecular weight is 154 g/mol. The molecule has 0 bridgehead atoms. The Hall–Kier alpha value is -0.0800. The van der Waals surface area contributed by atoms with Crippen LogP contribution in [0.15, 0.2) is 0 Å². The van der Waals surface area contributed by atoms with Crippen LogP contribution in [0.4, 0.5) is 0 Å². The summed E-state index contributed by atoms with van der Waals surface area (Å²) in [4.78, 5) is 0. The first-order valence-corrected chi connectivity index (χ1v) is 4.80. The van der Waals surface area contributed by atoms with Crippen LogP contribution in [0.2, 0.25) is 0 Å². The number of nitrogens with one attached hydrogen (secondary N) is 2. The second kappa shape index (κ2) is 3.11. The van der Waals surface area contributed by atoms with E-state index in [4.69, 9.17) is 0 Å². The van der Waals surface area contributed by atoms with Gasteiger partial charge in [0.2, 0.25) is 0 Å². The lowest BCUT2D eigenvalue weighted by molar-refractivity contribution is 0.516. The van der Waals surface area contributed by atoms with Gasteiger partial charge in [-0.05, 0) is 37.8 Å². The van der Waals surface area contributed by atoms with Crippen LogP contribution in [-0.2, 0) is 0 Å². The molecule has 11 heavy (non-hydrogen) atoms. The van der Waals surface area contributed by atoms with Crippen LogP contribution >= 0.6 is 0 Å². The zero-order valence-electron chi connectivity index (χ0n) is 7.27. The molecule has 0 aromatic carbocycles. The van der Waals surface area contributed by atoms with E-state index in [1.165, 1.54) is 32.5 Å². The molecule has 3 atom stereocenters. The number of hydrogen-bond donors (Lipinski definition) is 2. The predicted octanol–water partition coefficient (Wildman–Crippen LogP) is 0.594. The van der Waals surface area contributed by atoms with Crippen molar-refractivity contribution in [3.05, 3.63) is 0 Å². The minimum Gasteiger partial charge on any atom is -0.315 e. The molecular weight excluding hydrogens is 136 g/mol. The number of rotatable bonds is 3. The lowest BCUT2D eigenvalue weighted by Crippen LogP contribution is -2.32. The van der Waals surface area contributed by atoms with Gasteiger partial charge in [0.1, 0.15) is 0 Å². The van der Waals surface area contributed by atoms with Gasteiger partial charge in [0.05, 0.1) is 0 Å². The van der Waals surface area contributed by atoms with Crippen LogP contribution in [0.5, 0.6) is 0 Å². The molecule has 2 fully saturated rings. The Labute approximate surface area is 68.7 Å². The van der Waals surface area contributed by atoms with E-state index in [2.05, 4.69) is 17.6 Å². The Morgan fingerprint density at radius 2 is 2.36 bits per heavy atom. The van der Waals surface area contributed by atoms with Crippen molar-refractivity contribution in [2.24, 2.45) is 11.8 Å². The third kappa shape index (κ3) is 1.94. The molecule has 0 spiro atoms. The second-order valence-corrected chi connectivity index (χ2v) is 4.07. The van der Waals surface area contributed by atoms with E-state index in [9.17, 15) is 0 Å². The highest BCUT2D eigenvalue weighted by atomic mass is 15.0. The van der Waals surface area contributed by atoms with Crippen LogP contribution in [0, 0.1) is 11.8 Å². The van der Waals surface area contributed by atoms with E-state index in [0.717, 1.165) is 17.9 Å². The summed E-state index contributed by atoms with van der Waals surface area (Å²) in [6.07, 6.45) is 2.77. The van der Waals surface area contributed by atoms with Crippen molar-refractivity contribution < 1.29 is 0 Å². The highest BCUT2D eigenvalue weighted by Crippen LogP contribution is 2.36. The minimum absolute atomic E-state index is 0.766. The molecule has 2 aliphatic rings. The summed E-state index contributed by atoms with van der Waals surface area (Å²) in [7, 11) is 0. The van der Waals surface area contributed by atoms with Crippen LogP contribution in [0.25, 0.3) is 0 Å². The summed E-state index contributed by atoms with van der Waals surface area (Å²) in [6.45, 7) is 5.99. The summed E-state index contributed by atoms with van der Waals surface area (Å²) in [5.74, 6) is 1.99. The SMILES string of the molecule is CC1CC1CNC1CCNC1. The van der Waals surface area contributed by atoms with Crippen molar-refractivity contribution in [1.82, 2.24) is 10.6 Å². The van der Waals surface area contributed by atoms with Crippen LogP contribution in [-0.4, -0.2) is 25.7 Å². The maximum atomic E-state index is 3.61. The Balaban J connectivity index is 1.59. The van der Waals surface area contributed by atoms with Crippen molar-refractivity contribution in [3.8, 4) is 0 Å². The van der Waals surface area contributed by atoms with Crippen molar-refractivity contribution in [1.29, 1.82) is 0 Å². The minimum atomic E-state index is 0.766. The first-order valence-electron chi connectivity index (χ1n) is 4.80. The van der Waals surface area contributed by atoms with Gasteiger partial charge in [-0.3, -0.25) is 0 Å². The van der Waals surface area contributed by atoms with Crippen LogP contribution in [0.3, 0.4) is 0 Å². The van der Waals surface area contributed by atoms with Crippen molar-refractivity contribution in [3.63, 3.8) is 0 Å². The lowest BCUT2D eigenvalue weighted by Gasteiger charge is -2.09. The van der Waals surface area contributed by atoms with E-state index in [1.807, 2.05) is 0 Å². The van der Waals surface area contributed by atoms with Crippen molar-refractivity contribution >= 4 is 0 Å². The fourth-order valence-corrected chi connectivity index (χ4v) is 1.83. The van der Waals surface area contributed by atoms with Gasteiger partial charge in [0.15, 0.2) is 0 Å². The van der Waals surface area contributed by atoms with E-state index < -0.39 is 0 Å². The maximum absolute atomic E-state index is 3.61. The molecule has 0 amide bonds. The van der Waals surface area contributed by atoms with Gasteiger partial charge >= 0.3 is 0 Å². The fraction of sp³-hybridized carbons (Fsp3) is 1.00. The molecule has 3 unspecified atom stereocenters. The molecule has 1 aliphatic heterocycles. The Morgan fingerprint density at radius 3 is 2.91 bits per heavy atom. The van der Waals surface area contributed by atoms with Gasteiger partial charge < -0.3 is 10.6 Å². The van der Waals surface area contributed by atoms with Crippen LogP contribution in [0.1, 0.15) is 19.8 Å². The summed E-state index contributed by atoms with van der Waals surface area (Å²) in [6, 6.07) is 0.766. The van der Waals surface area contributed by atoms with Gasteiger partial charge in [-0.15, -0.1) is 0 Å². The van der Waals surface area contributed by atoms with E-state index in [-0.39, 0.29) is 0 Å². The summed E-state index contributed by atoms with van der Waals surface area (Å²) in [5.41, 5.74) is 0. The monoisotopic (exact) mass is 154 g/mol. The molecule has 1 heterocycles. The highest BCUT2D eigenvalue weighted by Gasteiger charge is 2.32. The molecule has 0 aromatic heterocycles. The highest BCUT2D eigenvalue weighted by molar-refractivity contribution is 4.86. The normalized spacial score (nSPS) is 42.8. The Kier molecular flexibility index (Phi) is 2.14. The zero-order chi connectivity index (χ0) is 7.68. The van der Waals surface area contributed by atoms with E-state index >= 15 is 0 Å². The van der Waals surface area contributed by atoms with Gasteiger partial charge in [0, 0.05) is 12.6 Å². The molecule has 1 saturated carbocycles. The molecule has 0 radical (unpaired) electrons. The third-order valence-corrected chi connectivity index (χ3v) is 3.01. The lowest BCUT2D eigenvalue weighted by atomic mass is 10.2. The van der Waals surface area contributed by atoms with Gasteiger partial charge in [-0.25, -0.2) is 0 Å². The Morgan fingerprint density at radius 1 is 1.55 bits per heavy atom. The molecule has 2 rings (SSSR count). The third-order valence-electron chi connectivity index (χ3n) is 3.01. The quantitative estimate of drug-likeness (QED) is 0.622. The van der Waals surface area contributed by atoms with Gasteiger partial charge in [0.25, 0.3) is 0 Å². The number of hydrogen-bond acceptors (Lipinski definition) is 2. The molecular formula is C9H18N2. The van der Waals surface area contributed by atoms with Crippen molar-refractivity contribution in [2.75, 3.05) is 19.6 Å². The molecule has 2 nitrogen and oxygen atoms in total. The van der Waals surface area contributed by atoms with Crippen molar-refractivity contribution in [2.45, 2.75) is 25.8 Å². The Bertz CT molecular complexity index is 130. The molecule has 1 aliphatic carbocycles. The first-order chi connectivity index (χ1) is 5.36. The van der Waals surface area contributed by atoms with Gasteiger partial charge in [-0.2, -0.15) is 0 Å². The summed E-state index contributed by atoms with van der Waals surface area (Å²) >= 11 is 0. The topological polar surface area (TPSA) is 24.1 Å². The standard InChI is InChI=1S/C9H18N2/c1-7-4-8(7)5-11-9-2-3-10-6-9/h7-11H,2-6H2,1H3. The van der Waals surface area contributed by atoms with Crippen LogP contribution < -0.4 is 10.6 Å². The molecule has 1 saturated heterocycles. The van der Waals surface area contributed by atoms with E-state index in [0.29, 0.717) is 0 Å².